The Morgan fingerprint density at radius 2 is 1.54 bits per heavy atom. The Morgan fingerprint density at radius 3 is 2.08 bits per heavy atom. The summed E-state index contributed by atoms with van der Waals surface area (Å²) in [7, 11) is 0. The van der Waals surface area contributed by atoms with Gasteiger partial charge in [0.1, 0.15) is 17.1 Å². The maximum absolute atomic E-state index is 14.1. The third-order valence-corrected chi connectivity index (χ3v) is 7.20. The fourth-order valence-electron chi connectivity index (χ4n) is 4.94. The van der Waals surface area contributed by atoms with Crippen LogP contribution in [-0.2, 0) is 10.2 Å². The Kier molecular flexibility index (Phi) is 7.91. The van der Waals surface area contributed by atoms with E-state index in [1.807, 2.05) is 30.4 Å². The van der Waals surface area contributed by atoms with Gasteiger partial charge in [-0.05, 0) is 41.7 Å². The number of halogens is 1. The fraction of sp³-hybridized carbons (Fsp3) is 0.206. The van der Waals surface area contributed by atoms with Crippen molar-refractivity contribution in [3.8, 4) is 0 Å². The Morgan fingerprint density at radius 1 is 0.949 bits per heavy atom. The van der Waals surface area contributed by atoms with Crippen LogP contribution in [0.15, 0.2) is 120 Å². The molecule has 2 atom stereocenters. The Bertz CT molecular complexity index is 1470. The lowest BCUT2D eigenvalue weighted by atomic mass is 9.66. The monoisotopic (exact) mass is 521 g/mol. The SMILES string of the molecule is C=CCC(=NC1(C)C=CC(c2ccc(F)cc2)(c2ccc(C(C)C)cc2)C=C1C(=O)c1ccccc1)C(=O)O. The Labute approximate surface area is 228 Å². The van der Waals surface area contributed by atoms with Crippen LogP contribution in [0.25, 0.3) is 0 Å². The number of carbonyl (C=O) groups excluding carboxylic acids is 1. The predicted molar refractivity (Wildman–Crippen MR) is 154 cm³/mol. The first-order valence-corrected chi connectivity index (χ1v) is 12.9. The van der Waals surface area contributed by atoms with E-state index in [1.165, 1.54) is 23.8 Å². The van der Waals surface area contributed by atoms with Crippen molar-refractivity contribution in [3.63, 3.8) is 0 Å². The van der Waals surface area contributed by atoms with E-state index < -0.39 is 16.9 Å². The van der Waals surface area contributed by atoms with Gasteiger partial charge in [-0.1, -0.05) is 105 Å². The number of carboxylic acid groups (broad SMARTS) is 1. The number of allylic oxidation sites excluding steroid dienone is 3. The molecule has 3 aromatic rings. The van der Waals surface area contributed by atoms with E-state index in [0.29, 0.717) is 17.1 Å². The van der Waals surface area contributed by atoms with Gasteiger partial charge in [-0.15, -0.1) is 6.58 Å². The number of ketones is 1. The number of aliphatic imine (C=N–C) groups is 1. The van der Waals surface area contributed by atoms with Gasteiger partial charge in [0.2, 0.25) is 0 Å². The molecule has 198 valence electrons. The largest absolute Gasteiger partial charge is 0.477 e. The molecule has 0 bridgehead atoms. The molecular formula is C34H32FNO3. The van der Waals surface area contributed by atoms with Crippen molar-refractivity contribution in [3.05, 3.63) is 143 Å². The third kappa shape index (κ3) is 5.58. The Balaban J connectivity index is 2.01. The van der Waals surface area contributed by atoms with Gasteiger partial charge in [0.25, 0.3) is 0 Å². The van der Waals surface area contributed by atoms with E-state index in [4.69, 9.17) is 0 Å². The first-order chi connectivity index (χ1) is 18.6. The summed E-state index contributed by atoms with van der Waals surface area (Å²) in [6, 6.07) is 23.2. The van der Waals surface area contributed by atoms with E-state index in [-0.39, 0.29) is 23.7 Å². The Hall–Kier alpha value is -4.38. The number of carboxylic acids is 1. The van der Waals surface area contributed by atoms with Crippen LogP contribution in [0, 0.1) is 5.82 Å². The molecule has 39 heavy (non-hydrogen) atoms. The maximum Gasteiger partial charge on any atom is 0.350 e. The number of hydrogen-bond donors (Lipinski definition) is 1. The second-order valence-corrected chi connectivity index (χ2v) is 10.2. The average Bonchev–Trinajstić information content (AvgIpc) is 2.94. The van der Waals surface area contributed by atoms with Crippen molar-refractivity contribution < 1.29 is 19.1 Å². The van der Waals surface area contributed by atoms with Gasteiger partial charge in [-0.3, -0.25) is 9.79 Å². The van der Waals surface area contributed by atoms with Crippen LogP contribution in [0.4, 0.5) is 4.39 Å². The molecule has 0 radical (unpaired) electrons. The zero-order chi connectivity index (χ0) is 28.2. The number of Topliss-reactive ketones (excluding diaryl/α,β-unsaturated/α-hetero) is 1. The number of hydrogen-bond acceptors (Lipinski definition) is 3. The first-order valence-electron chi connectivity index (χ1n) is 12.9. The third-order valence-electron chi connectivity index (χ3n) is 7.20. The molecule has 0 aromatic heterocycles. The van der Waals surface area contributed by atoms with Crippen LogP contribution in [0.2, 0.25) is 0 Å². The molecule has 0 heterocycles. The van der Waals surface area contributed by atoms with Crippen LogP contribution in [-0.4, -0.2) is 28.1 Å². The second-order valence-electron chi connectivity index (χ2n) is 10.2. The lowest BCUT2D eigenvalue weighted by molar-refractivity contribution is -0.129. The topological polar surface area (TPSA) is 66.7 Å². The highest BCUT2D eigenvalue weighted by molar-refractivity contribution is 6.36. The van der Waals surface area contributed by atoms with Crippen LogP contribution in [0.3, 0.4) is 0 Å². The van der Waals surface area contributed by atoms with Crippen molar-refractivity contribution in [2.45, 2.75) is 44.1 Å². The van der Waals surface area contributed by atoms with Crippen molar-refractivity contribution >= 4 is 17.5 Å². The predicted octanol–water partition coefficient (Wildman–Crippen LogP) is 7.47. The molecule has 1 aliphatic rings. The highest BCUT2D eigenvalue weighted by atomic mass is 19.1. The number of aliphatic carboxylic acids is 1. The number of benzene rings is 3. The average molecular weight is 522 g/mol. The minimum absolute atomic E-state index is 0.0470. The molecule has 4 nitrogen and oxygen atoms in total. The zero-order valence-electron chi connectivity index (χ0n) is 22.4. The minimum Gasteiger partial charge on any atom is -0.477 e. The number of carbonyl (C=O) groups is 2. The van der Waals surface area contributed by atoms with Gasteiger partial charge in [0.05, 0.1) is 5.41 Å². The molecule has 1 N–H and O–H groups in total. The molecule has 0 aliphatic heterocycles. The molecule has 0 fully saturated rings. The smallest absolute Gasteiger partial charge is 0.350 e. The standard InChI is InChI=1S/C34H32FNO3/c1-5-9-30(32(38)39)36-33(4)20-21-34(27-16-18-28(35)19-17-27,26-14-12-24(13-15-26)23(2)3)22-29(33)31(37)25-10-7-6-8-11-25/h5-8,10-23H,1,9H2,2-4H3,(H,38,39). The summed E-state index contributed by atoms with van der Waals surface area (Å²) in [6.07, 6.45) is 7.10. The van der Waals surface area contributed by atoms with E-state index in [1.54, 1.807) is 49.4 Å². The molecule has 0 saturated heterocycles. The first kappa shape index (κ1) is 27.6. The van der Waals surface area contributed by atoms with Gasteiger partial charge in [0, 0.05) is 17.6 Å². The molecule has 1 aliphatic carbocycles. The summed E-state index contributed by atoms with van der Waals surface area (Å²) in [5.41, 5.74) is 1.35. The van der Waals surface area contributed by atoms with E-state index in [9.17, 15) is 19.1 Å². The van der Waals surface area contributed by atoms with Crippen LogP contribution >= 0.6 is 0 Å². The molecule has 0 spiro atoms. The minimum atomic E-state index is -1.26. The summed E-state index contributed by atoms with van der Waals surface area (Å²) < 4.78 is 14.0. The van der Waals surface area contributed by atoms with E-state index >= 15 is 0 Å². The van der Waals surface area contributed by atoms with Gasteiger partial charge >= 0.3 is 5.97 Å². The molecule has 0 saturated carbocycles. The van der Waals surface area contributed by atoms with Crippen molar-refractivity contribution in [2.75, 3.05) is 0 Å². The van der Waals surface area contributed by atoms with E-state index in [2.05, 4.69) is 37.6 Å². The quantitative estimate of drug-likeness (QED) is 0.180. The highest BCUT2D eigenvalue weighted by Gasteiger charge is 2.42. The van der Waals surface area contributed by atoms with Crippen molar-refractivity contribution in [1.29, 1.82) is 0 Å². The fourth-order valence-corrected chi connectivity index (χ4v) is 4.94. The number of nitrogens with zero attached hydrogens (tertiary/aromatic N) is 1. The summed E-state index contributed by atoms with van der Waals surface area (Å²) in [5, 5.41) is 9.80. The lowest BCUT2D eigenvalue weighted by Gasteiger charge is -2.38. The van der Waals surface area contributed by atoms with Gasteiger partial charge < -0.3 is 5.11 Å². The molecule has 4 rings (SSSR count). The molecule has 5 heteroatoms. The molecule has 0 amide bonds. The van der Waals surface area contributed by atoms with Crippen LogP contribution in [0.5, 0.6) is 0 Å². The maximum atomic E-state index is 14.1. The highest BCUT2D eigenvalue weighted by Crippen LogP contribution is 2.44. The molecule has 3 aromatic carbocycles. The van der Waals surface area contributed by atoms with Gasteiger partial charge in [-0.2, -0.15) is 0 Å². The van der Waals surface area contributed by atoms with Gasteiger partial charge in [0.15, 0.2) is 5.78 Å². The normalized spacial score (nSPS) is 20.9. The van der Waals surface area contributed by atoms with Crippen molar-refractivity contribution in [2.24, 2.45) is 4.99 Å². The van der Waals surface area contributed by atoms with Crippen LogP contribution < -0.4 is 0 Å². The lowest BCUT2D eigenvalue weighted by Crippen LogP contribution is -2.38. The number of rotatable bonds is 9. The summed E-state index contributed by atoms with van der Waals surface area (Å²) >= 11 is 0. The summed E-state index contributed by atoms with van der Waals surface area (Å²) in [5.74, 6) is -1.46. The molecule has 2 unspecified atom stereocenters. The van der Waals surface area contributed by atoms with Gasteiger partial charge in [-0.25, -0.2) is 9.18 Å². The van der Waals surface area contributed by atoms with E-state index in [0.717, 1.165) is 11.1 Å². The summed E-state index contributed by atoms with van der Waals surface area (Å²) in [6.45, 7) is 9.63. The molecular weight excluding hydrogens is 489 g/mol. The second kappa shape index (κ2) is 11.2. The summed E-state index contributed by atoms with van der Waals surface area (Å²) in [4.78, 5) is 30.7. The van der Waals surface area contributed by atoms with Crippen molar-refractivity contribution in [1.82, 2.24) is 0 Å². The van der Waals surface area contributed by atoms with Crippen LogP contribution in [0.1, 0.15) is 60.2 Å². The zero-order valence-corrected chi connectivity index (χ0v) is 22.4.